The highest BCUT2D eigenvalue weighted by molar-refractivity contribution is 7.90. The molecule has 0 spiro atoms. The number of sulfone groups is 1. The summed E-state index contributed by atoms with van der Waals surface area (Å²) in [4.78, 5) is 2.09. The first-order valence-corrected chi connectivity index (χ1v) is 8.92. The second kappa shape index (κ2) is 7.20. The van der Waals surface area contributed by atoms with Gasteiger partial charge >= 0.3 is 0 Å². The monoisotopic (exact) mass is 298 g/mol. The highest BCUT2D eigenvalue weighted by Gasteiger charge is 2.21. The Hall–Kier alpha value is -0.910. The molecule has 2 unspecified atom stereocenters. The molecule has 0 aliphatic heterocycles. The molecule has 0 saturated heterocycles. The maximum atomic E-state index is 11.3. The quantitative estimate of drug-likeness (QED) is 0.831. The van der Waals surface area contributed by atoms with Gasteiger partial charge in [0.2, 0.25) is 0 Å². The lowest BCUT2D eigenvalue weighted by molar-refractivity contribution is 0.222. The number of rotatable bonds is 7. The number of benzene rings is 1. The fraction of sp³-hybridized carbons (Fsp3) is 0.600. The predicted molar refractivity (Wildman–Crippen MR) is 84.8 cm³/mol. The molecule has 0 aromatic heterocycles. The van der Waals surface area contributed by atoms with E-state index in [2.05, 4.69) is 48.3 Å². The number of hydrogen-bond donors (Lipinski definition) is 1. The molecule has 0 fully saturated rings. The zero-order valence-electron chi connectivity index (χ0n) is 13.1. The lowest BCUT2D eigenvalue weighted by atomic mass is 9.98. The Morgan fingerprint density at radius 2 is 1.80 bits per heavy atom. The molecule has 1 aromatic rings. The summed E-state index contributed by atoms with van der Waals surface area (Å²) in [5.41, 5.74) is 2.46. The van der Waals surface area contributed by atoms with Crippen molar-refractivity contribution in [1.82, 2.24) is 10.2 Å². The molecule has 0 heterocycles. The second-order valence-electron chi connectivity index (χ2n) is 5.53. The van der Waals surface area contributed by atoms with Crippen LogP contribution in [0.15, 0.2) is 24.3 Å². The van der Waals surface area contributed by atoms with E-state index in [9.17, 15) is 8.42 Å². The molecule has 0 bridgehead atoms. The van der Waals surface area contributed by atoms with E-state index in [1.165, 1.54) is 17.4 Å². The van der Waals surface area contributed by atoms with Crippen LogP contribution in [0.3, 0.4) is 0 Å². The highest BCUT2D eigenvalue weighted by Crippen LogP contribution is 2.20. The summed E-state index contributed by atoms with van der Waals surface area (Å²) in [5.74, 6) is 0.193. The maximum absolute atomic E-state index is 11.3. The molecule has 0 saturated carbocycles. The molecule has 0 radical (unpaired) electrons. The Kier molecular flexibility index (Phi) is 6.17. The van der Waals surface area contributed by atoms with Crippen LogP contribution in [0.2, 0.25) is 0 Å². The number of nitrogens with one attached hydrogen (secondary N) is 1. The minimum atomic E-state index is -2.92. The van der Waals surface area contributed by atoms with Crippen LogP contribution in [0.5, 0.6) is 0 Å². The van der Waals surface area contributed by atoms with Crippen molar-refractivity contribution >= 4 is 9.84 Å². The molecule has 5 heteroatoms. The van der Waals surface area contributed by atoms with Crippen LogP contribution in [-0.2, 0) is 9.84 Å². The third-order valence-corrected chi connectivity index (χ3v) is 4.66. The smallest absolute Gasteiger partial charge is 0.148 e. The Labute approximate surface area is 123 Å². The Morgan fingerprint density at radius 1 is 1.25 bits per heavy atom. The minimum absolute atomic E-state index is 0.181. The summed E-state index contributed by atoms with van der Waals surface area (Å²) in [5, 5.41) is 3.32. The van der Waals surface area contributed by atoms with E-state index in [1.54, 1.807) is 0 Å². The first kappa shape index (κ1) is 17.1. The van der Waals surface area contributed by atoms with Crippen LogP contribution in [0, 0.1) is 6.92 Å². The Bertz CT molecular complexity index is 511. The summed E-state index contributed by atoms with van der Waals surface area (Å²) in [6, 6.07) is 8.84. The first-order valence-electron chi connectivity index (χ1n) is 6.86. The van der Waals surface area contributed by atoms with E-state index in [-0.39, 0.29) is 17.8 Å². The van der Waals surface area contributed by atoms with Gasteiger partial charge < -0.3 is 10.2 Å². The van der Waals surface area contributed by atoms with Gasteiger partial charge in [-0.05, 0) is 33.5 Å². The van der Waals surface area contributed by atoms with Crippen LogP contribution >= 0.6 is 0 Å². The second-order valence-corrected chi connectivity index (χ2v) is 7.79. The topological polar surface area (TPSA) is 49.4 Å². The fourth-order valence-corrected chi connectivity index (χ4v) is 2.85. The van der Waals surface area contributed by atoms with E-state index in [4.69, 9.17) is 0 Å². The van der Waals surface area contributed by atoms with Crippen molar-refractivity contribution in [2.45, 2.75) is 25.9 Å². The fourth-order valence-electron chi connectivity index (χ4n) is 2.23. The summed E-state index contributed by atoms with van der Waals surface area (Å²) >= 11 is 0. The SMILES string of the molecule is CNC(c1ccc(C)cc1)C(C)N(C)CCS(C)(=O)=O. The van der Waals surface area contributed by atoms with E-state index >= 15 is 0 Å². The largest absolute Gasteiger partial charge is 0.312 e. The van der Waals surface area contributed by atoms with Crippen LogP contribution in [-0.4, -0.2) is 52.0 Å². The van der Waals surface area contributed by atoms with Crippen molar-refractivity contribution in [2.75, 3.05) is 32.6 Å². The van der Waals surface area contributed by atoms with Gasteiger partial charge in [-0.25, -0.2) is 8.42 Å². The van der Waals surface area contributed by atoms with Gasteiger partial charge in [0.05, 0.1) is 5.75 Å². The number of aryl methyl sites for hydroxylation is 1. The van der Waals surface area contributed by atoms with Gasteiger partial charge in [0.1, 0.15) is 9.84 Å². The van der Waals surface area contributed by atoms with Crippen LogP contribution in [0.4, 0.5) is 0 Å². The van der Waals surface area contributed by atoms with Crippen LogP contribution < -0.4 is 5.32 Å². The van der Waals surface area contributed by atoms with E-state index in [0.717, 1.165) is 0 Å². The highest BCUT2D eigenvalue weighted by atomic mass is 32.2. The average Bonchev–Trinajstić information content (AvgIpc) is 2.38. The molecule has 0 aliphatic rings. The van der Waals surface area contributed by atoms with E-state index in [0.29, 0.717) is 6.54 Å². The molecule has 20 heavy (non-hydrogen) atoms. The Balaban J connectivity index is 2.75. The van der Waals surface area contributed by atoms with E-state index in [1.807, 2.05) is 14.1 Å². The van der Waals surface area contributed by atoms with Crippen molar-refractivity contribution < 1.29 is 8.42 Å². The van der Waals surface area contributed by atoms with Crippen molar-refractivity contribution in [3.63, 3.8) is 0 Å². The van der Waals surface area contributed by atoms with Gasteiger partial charge in [-0.3, -0.25) is 0 Å². The molecule has 2 atom stereocenters. The summed E-state index contributed by atoms with van der Waals surface area (Å²) < 4.78 is 22.5. The molecule has 0 aliphatic carbocycles. The molecule has 1 aromatic carbocycles. The van der Waals surface area contributed by atoms with Crippen molar-refractivity contribution in [1.29, 1.82) is 0 Å². The maximum Gasteiger partial charge on any atom is 0.148 e. The standard InChI is InChI=1S/C15H26N2O2S/c1-12-6-8-14(9-7-12)15(16-3)13(2)17(4)10-11-20(5,18)19/h6-9,13,15-16H,10-11H2,1-5H3. The van der Waals surface area contributed by atoms with Gasteiger partial charge in [0.15, 0.2) is 0 Å². The van der Waals surface area contributed by atoms with Gasteiger partial charge in [0.25, 0.3) is 0 Å². The normalized spacial score (nSPS) is 15.3. The summed E-state index contributed by atoms with van der Waals surface area (Å²) in [6.07, 6.45) is 1.28. The minimum Gasteiger partial charge on any atom is -0.312 e. The van der Waals surface area contributed by atoms with Gasteiger partial charge in [0, 0.05) is 24.9 Å². The molecule has 1 rings (SSSR count). The lowest BCUT2D eigenvalue weighted by Gasteiger charge is -2.32. The third-order valence-electron chi connectivity index (χ3n) is 3.74. The van der Waals surface area contributed by atoms with E-state index < -0.39 is 9.84 Å². The third kappa shape index (κ3) is 5.23. The van der Waals surface area contributed by atoms with Crippen LogP contribution in [0.1, 0.15) is 24.1 Å². The zero-order valence-corrected chi connectivity index (χ0v) is 13.9. The molecule has 114 valence electrons. The van der Waals surface area contributed by atoms with Crippen molar-refractivity contribution in [3.05, 3.63) is 35.4 Å². The molecular weight excluding hydrogens is 272 g/mol. The number of nitrogens with zero attached hydrogens (tertiary/aromatic N) is 1. The zero-order chi connectivity index (χ0) is 15.3. The van der Waals surface area contributed by atoms with Crippen LogP contribution in [0.25, 0.3) is 0 Å². The van der Waals surface area contributed by atoms with Gasteiger partial charge in [-0.15, -0.1) is 0 Å². The summed E-state index contributed by atoms with van der Waals surface area (Å²) in [6.45, 7) is 4.73. The molecule has 0 amide bonds. The van der Waals surface area contributed by atoms with Crippen molar-refractivity contribution in [2.24, 2.45) is 0 Å². The predicted octanol–water partition coefficient (Wildman–Crippen LogP) is 1.62. The first-order chi connectivity index (χ1) is 9.24. The molecule has 1 N–H and O–H groups in total. The van der Waals surface area contributed by atoms with Gasteiger partial charge in [-0.2, -0.15) is 0 Å². The molecular formula is C15H26N2O2S. The average molecular weight is 298 g/mol. The Morgan fingerprint density at radius 3 is 2.25 bits per heavy atom. The van der Waals surface area contributed by atoms with Crippen molar-refractivity contribution in [3.8, 4) is 0 Å². The lowest BCUT2D eigenvalue weighted by Crippen LogP contribution is -2.41. The van der Waals surface area contributed by atoms with Gasteiger partial charge in [-0.1, -0.05) is 29.8 Å². The summed E-state index contributed by atoms with van der Waals surface area (Å²) in [7, 11) is 0.985. The number of likely N-dealkylation sites (N-methyl/N-ethyl adjacent to an activating group) is 2. The number of hydrogen-bond acceptors (Lipinski definition) is 4. The molecule has 4 nitrogen and oxygen atoms in total.